The lowest BCUT2D eigenvalue weighted by Gasteiger charge is -2.20. The van der Waals surface area contributed by atoms with Gasteiger partial charge in [-0.15, -0.1) is 0 Å². The van der Waals surface area contributed by atoms with Crippen LogP contribution >= 0.6 is 7.82 Å². The van der Waals surface area contributed by atoms with Crippen LogP contribution in [0.15, 0.2) is 60.8 Å². The summed E-state index contributed by atoms with van der Waals surface area (Å²) >= 11 is 0. The van der Waals surface area contributed by atoms with Crippen LogP contribution in [0, 0.1) is 0 Å². The average molecular weight is 866 g/mol. The van der Waals surface area contributed by atoms with Crippen molar-refractivity contribution < 1.29 is 42.7 Å². The summed E-state index contributed by atoms with van der Waals surface area (Å²) in [5.41, 5.74) is 5.36. The third-order valence-electron chi connectivity index (χ3n) is 10.0. The second-order valence-corrected chi connectivity index (χ2v) is 17.3. The number of aliphatic carboxylic acids is 1. The molecule has 0 aromatic heterocycles. The lowest BCUT2D eigenvalue weighted by molar-refractivity contribution is -0.154. The Labute approximate surface area is 366 Å². The highest BCUT2D eigenvalue weighted by Gasteiger charge is 2.27. The van der Waals surface area contributed by atoms with Crippen LogP contribution in [0.1, 0.15) is 200 Å². The molecule has 10 nitrogen and oxygen atoms in total. The number of hydrogen-bond donors (Lipinski definition) is 3. The van der Waals surface area contributed by atoms with Gasteiger partial charge in [-0.2, -0.15) is 0 Å². The molecule has 0 bridgehead atoms. The van der Waals surface area contributed by atoms with Gasteiger partial charge in [-0.05, 0) is 83.5 Å². The van der Waals surface area contributed by atoms with E-state index in [1.54, 1.807) is 0 Å². The highest BCUT2D eigenvalue weighted by molar-refractivity contribution is 7.47. The summed E-state index contributed by atoms with van der Waals surface area (Å²) in [5, 5.41) is 8.91. The Kier molecular flexibility index (Phi) is 43.0. The van der Waals surface area contributed by atoms with E-state index in [1.807, 2.05) is 0 Å². The molecule has 0 aromatic carbocycles. The zero-order valence-corrected chi connectivity index (χ0v) is 38.9. The highest BCUT2D eigenvalue weighted by atomic mass is 31.2. The molecule has 0 spiro atoms. The first-order valence-electron chi connectivity index (χ1n) is 23.8. The Morgan fingerprint density at radius 3 is 1.38 bits per heavy atom. The third kappa shape index (κ3) is 43.7. The van der Waals surface area contributed by atoms with Gasteiger partial charge in [-0.3, -0.25) is 18.6 Å². The minimum Gasteiger partial charge on any atom is -0.480 e. The summed E-state index contributed by atoms with van der Waals surface area (Å²) in [4.78, 5) is 33.6. The number of phosphoric acid groups is 1. The van der Waals surface area contributed by atoms with Gasteiger partial charge in [-0.1, -0.05) is 171 Å². The normalized spacial score (nSPS) is 14.3. The minimum absolute atomic E-state index is 0.00213. The van der Waals surface area contributed by atoms with Crippen LogP contribution in [0.5, 0.6) is 0 Å². The maximum absolute atomic E-state index is 12.7. The third-order valence-corrected chi connectivity index (χ3v) is 11.0. The molecule has 0 rings (SSSR count). The largest absolute Gasteiger partial charge is 0.480 e. The predicted molar refractivity (Wildman–Crippen MR) is 249 cm³/mol. The number of phosphoric ester groups is 1. The number of unbranched alkanes of at least 4 members (excludes halogenated alkanes) is 21. The Balaban J connectivity index is 4.25. The average Bonchev–Trinajstić information content (AvgIpc) is 3.23. The zero-order valence-electron chi connectivity index (χ0n) is 38.0. The van der Waals surface area contributed by atoms with Crippen LogP contribution < -0.4 is 5.73 Å². The van der Waals surface area contributed by atoms with Crippen molar-refractivity contribution in [3.8, 4) is 0 Å². The fourth-order valence-electron chi connectivity index (χ4n) is 6.29. The molecule has 0 saturated heterocycles. The van der Waals surface area contributed by atoms with Crippen molar-refractivity contribution in [1.29, 1.82) is 0 Å². The molecule has 3 unspecified atom stereocenters. The van der Waals surface area contributed by atoms with E-state index in [4.69, 9.17) is 29.4 Å². The van der Waals surface area contributed by atoms with Crippen molar-refractivity contribution >= 4 is 19.8 Å². The van der Waals surface area contributed by atoms with Crippen molar-refractivity contribution in [2.24, 2.45) is 5.73 Å². The maximum atomic E-state index is 12.7. The summed E-state index contributed by atoms with van der Waals surface area (Å²) < 4.78 is 33.4. The van der Waals surface area contributed by atoms with Crippen molar-refractivity contribution in [2.45, 2.75) is 212 Å². The van der Waals surface area contributed by atoms with Gasteiger partial charge in [0.15, 0.2) is 0 Å². The summed E-state index contributed by atoms with van der Waals surface area (Å²) in [6.07, 6.45) is 54.1. The number of rotatable bonds is 45. The van der Waals surface area contributed by atoms with Gasteiger partial charge >= 0.3 is 19.8 Å². The highest BCUT2D eigenvalue weighted by Crippen LogP contribution is 2.43. The standard InChI is InChI=1S/C49H88NO9P/c1-3-5-7-9-11-13-15-17-19-21-22-23-24-25-27-29-31-33-35-37-39-41-48(51)59-46(44-57-60(54,55)58-45-47(50)49(52)53)43-56-42-40-38-36-34-32-30-28-26-20-18-16-14-12-10-8-6-4-2/h14-17,20-22,24-26,46-47H,3-13,18-19,23,27-45,50H2,1-2H3,(H,52,53)(H,54,55)/b16-14-,17-15-,22-21-,25-24-,26-20-. The summed E-state index contributed by atoms with van der Waals surface area (Å²) in [6.45, 7) is 3.82. The van der Waals surface area contributed by atoms with E-state index in [2.05, 4.69) is 74.6 Å². The van der Waals surface area contributed by atoms with Crippen LogP contribution in [0.4, 0.5) is 0 Å². The van der Waals surface area contributed by atoms with E-state index >= 15 is 0 Å². The molecule has 3 atom stereocenters. The van der Waals surface area contributed by atoms with Gasteiger partial charge in [0.1, 0.15) is 12.1 Å². The molecule has 60 heavy (non-hydrogen) atoms. The fourth-order valence-corrected chi connectivity index (χ4v) is 7.07. The smallest absolute Gasteiger partial charge is 0.472 e. The maximum Gasteiger partial charge on any atom is 0.472 e. The van der Waals surface area contributed by atoms with Crippen LogP contribution in [0.25, 0.3) is 0 Å². The van der Waals surface area contributed by atoms with Gasteiger partial charge in [0.25, 0.3) is 0 Å². The molecule has 0 amide bonds. The number of carboxylic acids is 1. The van der Waals surface area contributed by atoms with Crippen LogP contribution in [0.2, 0.25) is 0 Å². The van der Waals surface area contributed by atoms with Gasteiger partial charge in [0.2, 0.25) is 0 Å². The van der Waals surface area contributed by atoms with Crippen molar-refractivity contribution in [3.05, 3.63) is 60.8 Å². The van der Waals surface area contributed by atoms with E-state index in [1.165, 1.54) is 89.9 Å². The molecule has 0 aliphatic heterocycles. The number of esters is 1. The topological polar surface area (TPSA) is 155 Å². The molecule has 11 heteroatoms. The second kappa shape index (κ2) is 44.7. The van der Waals surface area contributed by atoms with E-state index in [0.717, 1.165) is 83.5 Å². The van der Waals surface area contributed by atoms with E-state index in [9.17, 15) is 19.0 Å². The summed E-state index contributed by atoms with van der Waals surface area (Å²) in [7, 11) is -4.63. The Morgan fingerprint density at radius 1 is 0.533 bits per heavy atom. The van der Waals surface area contributed by atoms with Crippen molar-refractivity contribution in [1.82, 2.24) is 0 Å². The van der Waals surface area contributed by atoms with Crippen molar-refractivity contribution in [2.75, 3.05) is 26.4 Å². The predicted octanol–water partition coefficient (Wildman–Crippen LogP) is 13.6. The molecular weight excluding hydrogens is 778 g/mol. The molecule has 0 fully saturated rings. The first-order valence-corrected chi connectivity index (χ1v) is 25.3. The quantitative estimate of drug-likeness (QED) is 0.0233. The Bertz CT molecular complexity index is 1190. The molecular formula is C49H88NO9P. The molecule has 0 radical (unpaired) electrons. The van der Waals surface area contributed by atoms with Gasteiger partial charge < -0.3 is 25.2 Å². The lowest BCUT2D eigenvalue weighted by Crippen LogP contribution is -2.34. The molecule has 0 aliphatic carbocycles. The molecule has 0 heterocycles. The van der Waals surface area contributed by atoms with Gasteiger partial charge in [-0.25, -0.2) is 4.57 Å². The van der Waals surface area contributed by atoms with E-state index in [0.29, 0.717) is 13.0 Å². The van der Waals surface area contributed by atoms with Gasteiger partial charge in [0.05, 0.1) is 19.8 Å². The number of carbonyl (C=O) groups excluding carboxylic acids is 1. The lowest BCUT2D eigenvalue weighted by atomic mass is 10.1. The SMILES string of the molecule is CCCCCC/C=C\C/C=C\CCCCCCCCOCC(COP(=O)(O)OCC(N)C(=O)O)OC(=O)CCCCCCCC/C=C\C/C=C\C/C=C\CCCCCCC. The summed E-state index contributed by atoms with van der Waals surface area (Å²) in [6, 6.07) is -1.48. The first kappa shape index (κ1) is 57.7. The zero-order chi connectivity index (χ0) is 44.0. The molecule has 348 valence electrons. The van der Waals surface area contributed by atoms with E-state index < -0.39 is 45.1 Å². The summed E-state index contributed by atoms with van der Waals surface area (Å²) in [5.74, 6) is -1.80. The van der Waals surface area contributed by atoms with Crippen LogP contribution in [0.3, 0.4) is 0 Å². The van der Waals surface area contributed by atoms with E-state index in [-0.39, 0.29) is 13.0 Å². The number of carbonyl (C=O) groups is 2. The molecule has 0 saturated carbocycles. The van der Waals surface area contributed by atoms with Crippen LogP contribution in [-0.2, 0) is 32.7 Å². The minimum atomic E-state index is -4.63. The Hall–Kier alpha value is -2.33. The number of nitrogens with two attached hydrogens (primary N) is 1. The number of ether oxygens (including phenoxy) is 2. The number of carboxylic acid groups (broad SMARTS) is 1. The second-order valence-electron chi connectivity index (χ2n) is 15.9. The van der Waals surface area contributed by atoms with Crippen molar-refractivity contribution in [3.63, 3.8) is 0 Å². The molecule has 0 aromatic rings. The monoisotopic (exact) mass is 866 g/mol. The molecule has 4 N–H and O–H groups in total. The molecule has 0 aliphatic rings. The first-order chi connectivity index (χ1) is 29.2. The van der Waals surface area contributed by atoms with Gasteiger partial charge in [0, 0.05) is 13.0 Å². The number of hydrogen-bond acceptors (Lipinski definition) is 8. The number of allylic oxidation sites excluding steroid dienone is 10. The van der Waals surface area contributed by atoms with Crippen LogP contribution in [-0.4, -0.2) is 60.5 Å². The fraction of sp³-hybridized carbons (Fsp3) is 0.755. The Morgan fingerprint density at radius 2 is 0.917 bits per heavy atom.